The van der Waals surface area contributed by atoms with Crippen molar-refractivity contribution in [2.24, 2.45) is 23.2 Å². The molecule has 2 aromatic rings. The fourth-order valence-corrected chi connectivity index (χ4v) is 6.66. The van der Waals surface area contributed by atoms with Crippen molar-refractivity contribution < 1.29 is 4.79 Å². The van der Waals surface area contributed by atoms with Crippen LogP contribution in [0.1, 0.15) is 48.9 Å². The standard InChI is InChI=1S/C23H24Cl2N2O/c24-19-5-4-17(20-2-1-3-21(25)27-20)9-18(19)22(28)26-13-23-10-14-6-15(11-23)8-16(7-14)12-23/h1-5,9,14-16H,6-8,10-13H2,(H,26,28). The molecule has 6 rings (SSSR count). The molecule has 0 radical (unpaired) electrons. The van der Waals surface area contributed by atoms with E-state index >= 15 is 0 Å². The van der Waals surface area contributed by atoms with Crippen LogP contribution in [0, 0.1) is 23.2 Å². The zero-order valence-electron chi connectivity index (χ0n) is 15.8. The summed E-state index contributed by atoms with van der Waals surface area (Å²) in [5, 5.41) is 4.11. The van der Waals surface area contributed by atoms with Crippen LogP contribution in [0.15, 0.2) is 36.4 Å². The molecule has 5 heteroatoms. The summed E-state index contributed by atoms with van der Waals surface area (Å²) in [6, 6.07) is 10.9. The molecule has 0 saturated heterocycles. The summed E-state index contributed by atoms with van der Waals surface area (Å²) in [4.78, 5) is 17.3. The van der Waals surface area contributed by atoms with Gasteiger partial charge in [-0.15, -0.1) is 0 Å². The van der Waals surface area contributed by atoms with Crippen LogP contribution in [0.4, 0.5) is 0 Å². The Bertz CT molecular complexity index is 891. The van der Waals surface area contributed by atoms with Crippen LogP contribution in [-0.4, -0.2) is 17.4 Å². The Labute approximate surface area is 175 Å². The van der Waals surface area contributed by atoms with Gasteiger partial charge in [0.2, 0.25) is 0 Å². The Hall–Kier alpha value is -1.58. The van der Waals surface area contributed by atoms with Crippen molar-refractivity contribution >= 4 is 29.1 Å². The maximum atomic E-state index is 13.0. The van der Waals surface area contributed by atoms with Gasteiger partial charge in [0, 0.05) is 12.1 Å². The topological polar surface area (TPSA) is 42.0 Å². The lowest BCUT2D eigenvalue weighted by atomic mass is 9.49. The van der Waals surface area contributed by atoms with Crippen LogP contribution in [-0.2, 0) is 0 Å². The number of aromatic nitrogens is 1. The van der Waals surface area contributed by atoms with Gasteiger partial charge >= 0.3 is 0 Å². The van der Waals surface area contributed by atoms with Gasteiger partial charge < -0.3 is 5.32 Å². The second-order valence-corrected chi connectivity index (χ2v) is 9.93. The van der Waals surface area contributed by atoms with Gasteiger partial charge in [-0.05, 0) is 86.0 Å². The maximum absolute atomic E-state index is 13.0. The third-order valence-corrected chi connectivity index (χ3v) is 7.55. The number of rotatable bonds is 4. The van der Waals surface area contributed by atoms with Crippen molar-refractivity contribution in [3.63, 3.8) is 0 Å². The molecular weight excluding hydrogens is 391 g/mol. The summed E-state index contributed by atoms with van der Waals surface area (Å²) in [5.74, 6) is 2.54. The van der Waals surface area contributed by atoms with Gasteiger partial charge in [0.15, 0.2) is 0 Å². The van der Waals surface area contributed by atoms with E-state index in [0.717, 1.165) is 35.6 Å². The van der Waals surface area contributed by atoms with Gasteiger partial charge in [0.05, 0.1) is 16.3 Å². The number of pyridine rings is 1. The van der Waals surface area contributed by atoms with E-state index < -0.39 is 0 Å². The molecule has 1 amide bonds. The minimum atomic E-state index is -0.0929. The van der Waals surface area contributed by atoms with Crippen molar-refractivity contribution in [1.29, 1.82) is 0 Å². The molecule has 4 fully saturated rings. The summed E-state index contributed by atoms with van der Waals surface area (Å²) in [7, 11) is 0. The molecule has 4 saturated carbocycles. The van der Waals surface area contributed by atoms with Gasteiger partial charge in [-0.3, -0.25) is 4.79 Å². The number of hydrogen-bond donors (Lipinski definition) is 1. The molecular formula is C23H24Cl2N2O. The molecule has 3 nitrogen and oxygen atoms in total. The fraction of sp³-hybridized carbons (Fsp3) is 0.478. The lowest BCUT2D eigenvalue weighted by Crippen LogP contribution is -2.51. The Balaban J connectivity index is 1.34. The third kappa shape index (κ3) is 3.44. The SMILES string of the molecule is O=C(NCC12CC3CC(CC(C3)C1)C2)c1cc(-c2cccc(Cl)n2)ccc1Cl. The predicted molar refractivity (Wildman–Crippen MR) is 113 cm³/mol. The number of benzene rings is 1. The van der Waals surface area contributed by atoms with E-state index in [9.17, 15) is 4.79 Å². The van der Waals surface area contributed by atoms with Gasteiger partial charge in [0.25, 0.3) is 5.91 Å². The van der Waals surface area contributed by atoms with Crippen molar-refractivity contribution in [1.82, 2.24) is 10.3 Å². The summed E-state index contributed by atoms with van der Waals surface area (Å²) in [5.41, 5.74) is 2.39. The van der Waals surface area contributed by atoms with Crippen LogP contribution in [0.2, 0.25) is 10.2 Å². The Morgan fingerprint density at radius 2 is 1.71 bits per heavy atom. The van der Waals surface area contributed by atoms with Crippen molar-refractivity contribution in [2.45, 2.75) is 38.5 Å². The van der Waals surface area contributed by atoms with E-state index in [0.29, 0.717) is 21.2 Å². The quantitative estimate of drug-likeness (QED) is 0.622. The highest BCUT2D eigenvalue weighted by Crippen LogP contribution is 2.59. The molecule has 4 aliphatic rings. The number of nitrogens with one attached hydrogen (secondary N) is 1. The highest BCUT2D eigenvalue weighted by molar-refractivity contribution is 6.34. The molecule has 1 heterocycles. The largest absolute Gasteiger partial charge is 0.351 e. The highest BCUT2D eigenvalue weighted by atomic mass is 35.5. The molecule has 4 aliphatic carbocycles. The Morgan fingerprint density at radius 1 is 1.04 bits per heavy atom. The van der Waals surface area contributed by atoms with Gasteiger partial charge in [-0.1, -0.05) is 35.3 Å². The lowest BCUT2D eigenvalue weighted by molar-refractivity contribution is -0.0503. The van der Waals surface area contributed by atoms with Crippen molar-refractivity contribution in [2.75, 3.05) is 6.54 Å². The Morgan fingerprint density at radius 3 is 2.36 bits per heavy atom. The van der Waals surface area contributed by atoms with E-state index in [2.05, 4.69) is 10.3 Å². The van der Waals surface area contributed by atoms with Gasteiger partial charge in [0.1, 0.15) is 5.15 Å². The number of carbonyl (C=O) groups excluding carboxylic acids is 1. The number of halogens is 2. The monoisotopic (exact) mass is 414 g/mol. The number of nitrogens with zero attached hydrogens (tertiary/aromatic N) is 1. The van der Waals surface area contributed by atoms with Gasteiger partial charge in [-0.2, -0.15) is 0 Å². The maximum Gasteiger partial charge on any atom is 0.252 e. The van der Waals surface area contributed by atoms with E-state index in [1.165, 1.54) is 38.5 Å². The predicted octanol–water partition coefficient (Wildman–Crippen LogP) is 6.00. The molecule has 1 aromatic carbocycles. The third-order valence-electron chi connectivity index (χ3n) is 7.01. The first-order chi connectivity index (χ1) is 13.5. The smallest absolute Gasteiger partial charge is 0.252 e. The highest BCUT2D eigenvalue weighted by Gasteiger charge is 2.50. The van der Waals surface area contributed by atoms with Gasteiger partial charge in [-0.25, -0.2) is 4.98 Å². The van der Waals surface area contributed by atoms with Crippen LogP contribution in [0.5, 0.6) is 0 Å². The average Bonchev–Trinajstić information content (AvgIpc) is 2.65. The fourth-order valence-electron chi connectivity index (χ4n) is 6.30. The first-order valence-corrected chi connectivity index (χ1v) is 11.0. The van der Waals surface area contributed by atoms with Crippen molar-refractivity contribution in [3.05, 3.63) is 52.1 Å². The molecule has 0 aliphatic heterocycles. The molecule has 0 atom stereocenters. The normalized spacial score (nSPS) is 30.4. The van der Waals surface area contributed by atoms with Crippen LogP contribution in [0.3, 0.4) is 0 Å². The first kappa shape index (κ1) is 18.4. The zero-order valence-corrected chi connectivity index (χ0v) is 17.3. The molecule has 28 heavy (non-hydrogen) atoms. The average molecular weight is 415 g/mol. The molecule has 146 valence electrons. The summed E-state index contributed by atoms with van der Waals surface area (Å²) in [6.07, 6.45) is 8.06. The lowest BCUT2D eigenvalue weighted by Gasteiger charge is -2.56. The first-order valence-electron chi connectivity index (χ1n) is 10.2. The second kappa shape index (κ2) is 7.03. The molecule has 4 bridgehead atoms. The van der Waals surface area contributed by atoms with Crippen LogP contribution >= 0.6 is 23.2 Å². The summed E-state index contributed by atoms with van der Waals surface area (Å²) >= 11 is 12.4. The van der Waals surface area contributed by atoms with E-state index in [1.807, 2.05) is 24.3 Å². The molecule has 0 spiro atoms. The summed E-state index contributed by atoms with van der Waals surface area (Å²) in [6.45, 7) is 0.769. The number of amides is 1. The van der Waals surface area contributed by atoms with Crippen LogP contribution < -0.4 is 5.32 Å². The second-order valence-electron chi connectivity index (χ2n) is 9.14. The molecule has 1 N–H and O–H groups in total. The van der Waals surface area contributed by atoms with Crippen LogP contribution in [0.25, 0.3) is 11.3 Å². The van der Waals surface area contributed by atoms with E-state index in [4.69, 9.17) is 23.2 Å². The molecule has 1 aromatic heterocycles. The minimum absolute atomic E-state index is 0.0929. The Kier molecular flexibility index (Phi) is 4.64. The summed E-state index contributed by atoms with van der Waals surface area (Å²) < 4.78 is 0. The zero-order chi connectivity index (χ0) is 19.3. The molecule has 0 unspecified atom stereocenters. The van der Waals surface area contributed by atoms with Crippen molar-refractivity contribution in [3.8, 4) is 11.3 Å². The van der Waals surface area contributed by atoms with E-state index in [-0.39, 0.29) is 5.91 Å². The number of carbonyl (C=O) groups is 1. The number of hydrogen-bond acceptors (Lipinski definition) is 2. The minimum Gasteiger partial charge on any atom is -0.351 e. The van der Waals surface area contributed by atoms with E-state index in [1.54, 1.807) is 12.1 Å².